The fraction of sp³-hybridized carbons (Fsp3) is 0.571. The van der Waals surface area contributed by atoms with Crippen LogP contribution in [0, 0.1) is 11.8 Å². The van der Waals surface area contributed by atoms with E-state index in [9.17, 15) is 14.4 Å². The smallest absolute Gasteiger partial charge is 0.308 e. The summed E-state index contributed by atoms with van der Waals surface area (Å²) in [5, 5.41) is 9.15. The Balaban J connectivity index is 1.78. The summed E-state index contributed by atoms with van der Waals surface area (Å²) in [5.74, 6) is -0.963. The lowest BCUT2D eigenvalue weighted by molar-refractivity contribution is -0.142. The zero-order valence-electron chi connectivity index (χ0n) is 16.1. The van der Waals surface area contributed by atoms with Gasteiger partial charge in [-0.05, 0) is 36.6 Å². The Morgan fingerprint density at radius 1 is 1.11 bits per heavy atom. The summed E-state index contributed by atoms with van der Waals surface area (Å²) < 4.78 is 5.63. The SMILES string of the molecule is CCCCCOc1ccc(C(=O)CCC(=O)N2C[C@@H](C)[C@H](C(=O)O)C2)cc1. The normalized spacial score (nSPS) is 19.1. The maximum atomic E-state index is 12.3. The number of ether oxygens (including phenoxy) is 1. The first-order valence-electron chi connectivity index (χ1n) is 9.69. The number of carboxylic acid groups (broad SMARTS) is 1. The van der Waals surface area contributed by atoms with Gasteiger partial charge in [0, 0.05) is 31.5 Å². The molecule has 6 nitrogen and oxygen atoms in total. The second kappa shape index (κ2) is 10.1. The van der Waals surface area contributed by atoms with E-state index in [0.29, 0.717) is 18.7 Å². The van der Waals surface area contributed by atoms with E-state index in [0.717, 1.165) is 25.0 Å². The Labute approximate surface area is 160 Å². The standard InChI is InChI=1S/C21H29NO5/c1-3-4-5-12-27-17-8-6-16(7-9-17)19(23)10-11-20(24)22-13-15(2)18(14-22)21(25)26/h6-9,15,18H,3-5,10-14H2,1-2H3,(H,25,26)/t15-,18-/m1/s1. The number of aliphatic carboxylic acids is 1. The van der Waals surface area contributed by atoms with Gasteiger partial charge in [-0.15, -0.1) is 0 Å². The first kappa shape index (κ1) is 20.9. The average molecular weight is 375 g/mol. The lowest BCUT2D eigenvalue weighted by Crippen LogP contribution is -2.30. The van der Waals surface area contributed by atoms with Gasteiger partial charge in [0.2, 0.25) is 5.91 Å². The lowest BCUT2D eigenvalue weighted by Gasteiger charge is -2.15. The molecule has 0 unspecified atom stereocenters. The Kier molecular flexibility index (Phi) is 7.82. The summed E-state index contributed by atoms with van der Waals surface area (Å²) in [4.78, 5) is 37.3. The maximum Gasteiger partial charge on any atom is 0.308 e. The molecule has 1 fully saturated rings. The number of hydrogen-bond donors (Lipinski definition) is 1. The van der Waals surface area contributed by atoms with Crippen molar-refractivity contribution in [3.63, 3.8) is 0 Å². The Hall–Kier alpha value is -2.37. The minimum atomic E-state index is -0.870. The maximum absolute atomic E-state index is 12.3. The van der Waals surface area contributed by atoms with Gasteiger partial charge in [-0.1, -0.05) is 26.7 Å². The highest BCUT2D eigenvalue weighted by atomic mass is 16.5. The third-order valence-corrected chi connectivity index (χ3v) is 5.04. The zero-order valence-corrected chi connectivity index (χ0v) is 16.1. The van der Waals surface area contributed by atoms with Crippen LogP contribution in [0.1, 0.15) is 56.3 Å². The van der Waals surface area contributed by atoms with Crippen LogP contribution < -0.4 is 4.74 Å². The highest BCUT2D eigenvalue weighted by Crippen LogP contribution is 2.24. The second-order valence-electron chi connectivity index (χ2n) is 7.22. The molecule has 0 saturated carbocycles. The van der Waals surface area contributed by atoms with Crippen LogP contribution in [0.4, 0.5) is 0 Å². The van der Waals surface area contributed by atoms with Crippen LogP contribution in [0.5, 0.6) is 5.75 Å². The molecule has 2 atom stereocenters. The van der Waals surface area contributed by atoms with Gasteiger partial charge in [0.15, 0.2) is 5.78 Å². The number of rotatable bonds is 10. The van der Waals surface area contributed by atoms with Gasteiger partial charge in [0.25, 0.3) is 0 Å². The van der Waals surface area contributed by atoms with E-state index in [1.807, 2.05) is 6.92 Å². The molecule has 1 aliphatic heterocycles. The van der Waals surface area contributed by atoms with Crippen LogP contribution in [-0.2, 0) is 9.59 Å². The second-order valence-corrected chi connectivity index (χ2v) is 7.22. The summed E-state index contributed by atoms with van der Waals surface area (Å²) in [5.41, 5.74) is 0.557. The van der Waals surface area contributed by atoms with Gasteiger partial charge >= 0.3 is 5.97 Å². The number of carbonyl (C=O) groups is 3. The molecule has 1 saturated heterocycles. The fourth-order valence-corrected chi connectivity index (χ4v) is 3.29. The minimum absolute atomic E-state index is 0.0629. The molecule has 0 radical (unpaired) electrons. The predicted octanol–water partition coefficient (Wildman–Crippen LogP) is 3.40. The molecule has 27 heavy (non-hydrogen) atoms. The van der Waals surface area contributed by atoms with E-state index in [2.05, 4.69) is 6.92 Å². The van der Waals surface area contributed by atoms with Crippen molar-refractivity contribution in [3.8, 4) is 5.75 Å². The summed E-state index contributed by atoms with van der Waals surface area (Å²) in [7, 11) is 0. The molecule has 0 aromatic heterocycles. The van der Waals surface area contributed by atoms with E-state index in [1.165, 1.54) is 0 Å². The van der Waals surface area contributed by atoms with Crippen molar-refractivity contribution in [3.05, 3.63) is 29.8 Å². The average Bonchev–Trinajstić information content (AvgIpc) is 3.05. The molecule has 6 heteroatoms. The summed E-state index contributed by atoms with van der Waals surface area (Å²) in [6.07, 6.45) is 3.51. The fourth-order valence-electron chi connectivity index (χ4n) is 3.29. The van der Waals surface area contributed by atoms with Crippen molar-refractivity contribution >= 4 is 17.7 Å². The number of nitrogens with zero attached hydrogens (tertiary/aromatic N) is 1. The van der Waals surface area contributed by atoms with Gasteiger partial charge in [0.05, 0.1) is 12.5 Å². The van der Waals surface area contributed by atoms with Gasteiger partial charge < -0.3 is 14.7 Å². The number of hydrogen-bond acceptors (Lipinski definition) is 4. The lowest BCUT2D eigenvalue weighted by atomic mass is 9.99. The summed E-state index contributed by atoms with van der Waals surface area (Å²) in [6.45, 7) is 5.31. The van der Waals surface area contributed by atoms with E-state index in [1.54, 1.807) is 29.2 Å². The summed E-state index contributed by atoms with van der Waals surface area (Å²) in [6, 6.07) is 7.00. The summed E-state index contributed by atoms with van der Waals surface area (Å²) >= 11 is 0. The highest BCUT2D eigenvalue weighted by molar-refractivity contribution is 5.98. The molecule has 2 rings (SSSR count). The number of likely N-dealkylation sites (tertiary alicyclic amines) is 1. The van der Waals surface area contributed by atoms with Crippen LogP contribution in [0.2, 0.25) is 0 Å². The molecule has 1 amide bonds. The number of ketones is 1. The van der Waals surface area contributed by atoms with Crippen molar-refractivity contribution < 1.29 is 24.2 Å². The number of unbranched alkanes of at least 4 members (excludes halogenated alkanes) is 2. The third-order valence-electron chi connectivity index (χ3n) is 5.04. The molecule has 0 bridgehead atoms. The number of amides is 1. The Morgan fingerprint density at radius 3 is 2.41 bits per heavy atom. The van der Waals surface area contributed by atoms with Crippen LogP contribution in [0.3, 0.4) is 0 Å². The Morgan fingerprint density at radius 2 is 1.81 bits per heavy atom. The van der Waals surface area contributed by atoms with Crippen LogP contribution in [-0.4, -0.2) is 47.4 Å². The molecule has 148 valence electrons. The van der Waals surface area contributed by atoms with Crippen LogP contribution in [0.15, 0.2) is 24.3 Å². The van der Waals surface area contributed by atoms with Gasteiger partial charge in [-0.3, -0.25) is 14.4 Å². The van der Waals surface area contributed by atoms with Crippen molar-refractivity contribution in [2.24, 2.45) is 11.8 Å². The number of Topliss-reactive ketones (excluding diaryl/α,β-unsaturated/α-hetero) is 1. The monoisotopic (exact) mass is 375 g/mol. The van der Waals surface area contributed by atoms with E-state index in [-0.39, 0.29) is 37.0 Å². The molecule has 0 spiro atoms. The molecule has 1 aromatic rings. The van der Waals surface area contributed by atoms with Crippen molar-refractivity contribution in [1.82, 2.24) is 4.90 Å². The van der Waals surface area contributed by atoms with Crippen molar-refractivity contribution in [2.75, 3.05) is 19.7 Å². The molecular formula is C21H29NO5. The Bertz CT molecular complexity index is 655. The molecule has 1 aromatic carbocycles. The van der Waals surface area contributed by atoms with Crippen molar-refractivity contribution in [2.45, 2.75) is 46.0 Å². The zero-order chi connectivity index (χ0) is 19.8. The molecule has 0 aliphatic carbocycles. The third kappa shape index (κ3) is 6.08. The topological polar surface area (TPSA) is 83.9 Å². The number of carbonyl (C=O) groups excluding carboxylic acids is 2. The van der Waals surface area contributed by atoms with E-state index < -0.39 is 11.9 Å². The van der Waals surface area contributed by atoms with E-state index >= 15 is 0 Å². The number of benzene rings is 1. The van der Waals surface area contributed by atoms with Gasteiger partial charge in [-0.2, -0.15) is 0 Å². The molecular weight excluding hydrogens is 346 g/mol. The predicted molar refractivity (Wildman–Crippen MR) is 102 cm³/mol. The van der Waals surface area contributed by atoms with E-state index in [4.69, 9.17) is 9.84 Å². The number of carboxylic acids is 1. The molecule has 1 N–H and O–H groups in total. The highest BCUT2D eigenvalue weighted by Gasteiger charge is 2.36. The van der Waals surface area contributed by atoms with Crippen LogP contribution >= 0.6 is 0 Å². The van der Waals surface area contributed by atoms with Crippen molar-refractivity contribution in [1.29, 1.82) is 0 Å². The first-order valence-corrected chi connectivity index (χ1v) is 9.69. The molecule has 1 heterocycles. The van der Waals surface area contributed by atoms with Crippen LogP contribution in [0.25, 0.3) is 0 Å². The largest absolute Gasteiger partial charge is 0.494 e. The molecule has 1 aliphatic rings. The van der Waals surface area contributed by atoms with Gasteiger partial charge in [0.1, 0.15) is 5.75 Å². The van der Waals surface area contributed by atoms with Gasteiger partial charge in [-0.25, -0.2) is 0 Å². The quantitative estimate of drug-likeness (QED) is 0.500. The minimum Gasteiger partial charge on any atom is -0.494 e. The first-order chi connectivity index (χ1) is 12.9.